The average Bonchev–Trinajstić information content (AvgIpc) is 3.58. The quantitative estimate of drug-likeness (QED) is 0.355. The molecule has 2 fully saturated rings. The van der Waals surface area contributed by atoms with Crippen molar-refractivity contribution in [2.45, 2.75) is 50.2 Å². The molecule has 0 radical (unpaired) electrons. The fourth-order valence-electron chi connectivity index (χ4n) is 5.18. The molecule has 166 valence electrons. The molecule has 5 nitrogen and oxygen atoms in total. The largest absolute Gasteiger partial charge is 0.385 e. The number of benzene rings is 1. The Morgan fingerprint density at radius 3 is 2.59 bits per heavy atom. The summed E-state index contributed by atoms with van der Waals surface area (Å²) in [6.45, 7) is 1.81. The van der Waals surface area contributed by atoms with E-state index in [1.54, 1.807) is 0 Å². The molecule has 6 heteroatoms. The zero-order valence-corrected chi connectivity index (χ0v) is 19.2. The molecule has 2 aliphatic rings. The first-order chi connectivity index (χ1) is 15.8. The molecule has 0 bridgehead atoms. The van der Waals surface area contributed by atoms with Gasteiger partial charge in [0.25, 0.3) is 0 Å². The highest BCUT2D eigenvalue weighted by Gasteiger charge is 2.41. The molecule has 0 unspecified atom stereocenters. The molecule has 1 saturated carbocycles. The van der Waals surface area contributed by atoms with Crippen LogP contribution in [0, 0.1) is 0 Å². The Morgan fingerprint density at radius 2 is 1.81 bits per heavy atom. The lowest BCUT2D eigenvalue weighted by Gasteiger charge is -2.30. The number of anilines is 1. The van der Waals surface area contributed by atoms with E-state index in [1.807, 2.05) is 18.3 Å². The van der Waals surface area contributed by atoms with Gasteiger partial charge < -0.3 is 20.1 Å². The predicted molar refractivity (Wildman–Crippen MR) is 134 cm³/mol. The molecular formula is C26H31N5S. The van der Waals surface area contributed by atoms with Gasteiger partial charge >= 0.3 is 0 Å². The average molecular weight is 446 g/mol. The van der Waals surface area contributed by atoms with Crippen molar-refractivity contribution in [3.8, 4) is 0 Å². The summed E-state index contributed by atoms with van der Waals surface area (Å²) in [5.41, 5.74) is 3.55. The second kappa shape index (κ2) is 9.74. The third kappa shape index (κ3) is 4.37. The van der Waals surface area contributed by atoms with Crippen LogP contribution in [0.15, 0.2) is 73.1 Å². The van der Waals surface area contributed by atoms with Gasteiger partial charge in [-0.05, 0) is 67.9 Å². The number of aromatic nitrogens is 2. The molecule has 32 heavy (non-hydrogen) atoms. The van der Waals surface area contributed by atoms with Gasteiger partial charge in [0.05, 0.1) is 17.8 Å². The standard InChI is InChI=1S/C26H31N5S/c32-26-29-24(22-14-6-7-16-28-22)25(23-15-8-18-30(23)21-12-4-5-13-21)31(26)19-9-17-27-20-10-2-1-3-11-20/h1-3,6-8,10-11,14-16,18,21,24-25,27H,4-5,9,12-13,17,19H2,(H,29,32)/t24-,25-/m1/s1. The molecule has 3 heterocycles. The van der Waals surface area contributed by atoms with Gasteiger partial charge in [-0.1, -0.05) is 37.1 Å². The highest BCUT2D eigenvalue weighted by molar-refractivity contribution is 7.80. The van der Waals surface area contributed by atoms with Crippen molar-refractivity contribution in [1.82, 2.24) is 19.8 Å². The molecule has 5 rings (SSSR count). The first-order valence-electron chi connectivity index (χ1n) is 11.7. The lowest BCUT2D eigenvalue weighted by Crippen LogP contribution is -2.32. The summed E-state index contributed by atoms with van der Waals surface area (Å²) in [7, 11) is 0. The van der Waals surface area contributed by atoms with Crippen molar-refractivity contribution < 1.29 is 0 Å². The minimum Gasteiger partial charge on any atom is -0.385 e. The molecule has 1 aliphatic heterocycles. The van der Waals surface area contributed by atoms with Crippen LogP contribution in [0.4, 0.5) is 5.69 Å². The van der Waals surface area contributed by atoms with Crippen molar-refractivity contribution in [1.29, 1.82) is 0 Å². The van der Waals surface area contributed by atoms with E-state index >= 15 is 0 Å². The van der Waals surface area contributed by atoms with Crippen molar-refractivity contribution in [2.24, 2.45) is 0 Å². The Morgan fingerprint density at radius 1 is 1.00 bits per heavy atom. The normalized spacial score (nSPS) is 21.1. The number of nitrogens with one attached hydrogen (secondary N) is 2. The number of thiocarbonyl (C=S) groups is 1. The van der Waals surface area contributed by atoms with Crippen LogP contribution in [0.25, 0.3) is 0 Å². The van der Waals surface area contributed by atoms with Crippen LogP contribution >= 0.6 is 12.2 Å². The maximum atomic E-state index is 5.85. The first-order valence-corrected chi connectivity index (χ1v) is 12.2. The zero-order chi connectivity index (χ0) is 21.8. The predicted octanol–water partition coefficient (Wildman–Crippen LogP) is 5.47. The van der Waals surface area contributed by atoms with Crippen molar-refractivity contribution >= 4 is 23.0 Å². The molecule has 1 aliphatic carbocycles. The Balaban J connectivity index is 1.37. The second-order valence-corrected chi connectivity index (χ2v) is 9.13. The third-order valence-corrected chi connectivity index (χ3v) is 7.06. The van der Waals surface area contributed by atoms with Crippen LogP contribution in [-0.4, -0.2) is 32.7 Å². The highest BCUT2D eigenvalue weighted by Crippen LogP contribution is 2.41. The maximum Gasteiger partial charge on any atom is 0.170 e. The van der Waals surface area contributed by atoms with Gasteiger partial charge in [0.15, 0.2) is 5.11 Å². The number of pyridine rings is 1. The lowest BCUT2D eigenvalue weighted by atomic mass is 10.0. The number of hydrogen-bond donors (Lipinski definition) is 2. The van der Waals surface area contributed by atoms with Crippen molar-refractivity contribution in [3.63, 3.8) is 0 Å². The number of hydrogen-bond acceptors (Lipinski definition) is 3. The van der Waals surface area contributed by atoms with E-state index in [2.05, 4.69) is 79.8 Å². The number of rotatable bonds is 8. The number of para-hydroxylation sites is 1. The fourth-order valence-corrected chi connectivity index (χ4v) is 5.51. The zero-order valence-electron chi connectivity index (χ0n) is 18.4. The molecule has 0 spiro atoms. The molecule has 0 amide bonds. The molecule has 3 aromatic rings. The molecule has 2 atom stereocenters. The highest BCUT2D eigenvalue weighted by atomic mass is 32.1. The number of nitrogens with zero attached hydrogens (tertiary/aromatic N) is 3. The van der Waals surface area contributed by atoms with Crippen LogP contribution in [0.1, 0.15) is 61.6 Å². The van der Waals surface area contributed by atoms with Crippen molar-refractivity contribution in [2.75, 3.05) is 18.4 Å². The van der Waals surface area contributed by atoms with Gasteiger partial charge in [-0.3, -0.25) is 4.98 Å². The minimum absolute atomic E-state index is 0.0563. The fraction of sp³-hybridized carbons (Fsp3) is 0.385. The van der Waals surface area contributed by atoms with Crippen LogP contribution < -0.4 is 10.6 Å². The Bertz CT molecular complexity index is 1010. The summed E-state index contributed by atoms with van der Waals surface area (Å²) in [5.74, 6) is 0. The van der Waals surface area contributed by atoms with E-state index in [9.17, 15) is 0 Å². The van der Waals surface area contributed by atoms with Gasteiger partial charge in [0, 0.05) is 42.9 Å². The summed E-state index contributed by atoms with van der Waals surface area (Å²) in [5, 5.41) is 7.94. The van der Waals surface area contributed by atoms with Crippen LogP contribution in [0.3, 0.4) is 0 Å². The van der Waals surface area contributed by atoms with E-state index < -0.39 is 0 Å². The van der Waals surface area contributed by atoms with E-state index in [0.717, 1.165) is 36.0 Å². The van der Waals surface area contributed by atoms with Gasteiger partial charge in [-0.25, -0.2) is 0 Å². The molecule has 1 aromatic carbocycles. The summed E-state index contributed by atoms with van der Waals surface area (Å²) in [6, 6.07) is 21.8. The van der Waals surface area contributed by atoms with E-state index in [1.165, 1.54) is 31.4 Å². The van der Waals surface area contributed by atoms with Crippen LogP contribution in [-0.2, 0) is 0 Å². The van der Waals surface area contributed by atoms with Gasteiger partial charge in [-0.2, -0.15) is 0 Å². The smallest absolute Gasteiger partial charge is 0.170 e. The topological polar surface area (TPSA) is 45.1 Å². The SMILES string of the molecule is S=C1N[C@H](c2ccccn2)[C@@H](c2cccn2C2CCCC2)N1CCCNc1ccccc1. The molecular weight excluding hydrogens is 414 g/mol. The molecule has 1 saturated heterocycles. The second-order valence-electron chi connectivity index (χ2n) is 8.74. The lowest BCUT2D eigenvalue weighted by molar-refractivity contribution is 0.295. The van der Waals surface area contributed by atoms with Gasteiger partial charge in [-0.15, -0.1) is 0 Å². The van der Waals surface area contributed by atoms with E-state index in [4.69, 9.17) is 12.2 Å². The van der Waals surface area contributed by atoms with Gasteiger partial charge in [0.2, 0.25) is 0 Å². The van der Waals surface area contributed by atoms with E-state index in [-0.39, 0.29) is 12.1 Å². The molecule has 2 aromatic heterocycles. The van der Waals surface area contributed by atoms with Gasteiger partial charge in [0.1, 0.15) is 0 Å². The Labute approximate surface area is 195 Å². The third-order valence-electron chi connectivity index (χ3n) is 6.71. The van der Waals surface area contributed by atoms with Crippen LogP contribution in [0.5, 0.6) is 0 Å². The summed E-state index contributed by atoms with van der Waals surface area (Å²) < 4.78 is 2.51. The summed E-state index contributed by atoms with van der Waals surface area (Å²) >= 11 is 5.85. The minimum atomic E-state index is 0.0563. The van der Waals surface area contributed by atoms with Crippen molar-refractivity contribution in [3.05, 3.63) is 84.4 Å². The Hall–Kier alpha value is -2.86. The summed E-state index contributed by atoms with van der Waals surface area (Å²) in [4.78, 5) is 7.06. The first kappa shape index (κ1) is 21.0. The Kier molecular flexibility index (Phi) is 6.39. The summed E-state index contributed by atoms with van der Waals surface area (Å²) in [6.07, 6.45) is 10.3. The monoisotopic (exact) mass is 445 g/mol. The van der Waals surface area contributed by atoms with E-state index in [0.29, 0.717) is 6.04 Å². The van der Waals surface area contributed by atoms with Crippen LogP contribution in [0.2, 0.25) is 0 Å². The maximum absolute atomic E-state index is 5.85. The molecule has 2 N–H and O–H groups in total.